The number of aromatic nitrogens is 5. The second-order valence-corrected chi connectivity index (χ2v) is 11.9. The van der Waals surface area contributed by atoms with Crippen LogP contribution in [0.5, 0.6) is 0 Å². The van der Waals surface area contributed by atoms with E-state index in [0.29, 0.717) is 0 Å². The molecule has 3 aliphatic rings. The number of carbonyl (C=O) groups is 1. The fourth-order valence-corrected chi connectivity index (χ4v) is 7.06. The van der Waals surface area contributed by atoms with Crippen LogP contribution in [-0.2, 0) is 25.9 Å². The lowest BCUT2D eigenvalue weighted by atomic mass is 9.99. The molecule has 198 valence electrons. The van der Waals surface area contributed by atoms with Gasteiger partial charge in [-0.1, -0.05) is 0 Å². The van der Waals surface area contributed by atoms with E-state index < -0.39 is 0 Å². The van der Waals surface area contributed by atoms with Gasteiger partial charge in [0.05, 0.1) is 23.3 Å². The number of fused-ring (bicyclic) bond motifs is 3. The molecule has 4 aromatic rings. The van der Waals surface area contributed by atoms with Gasteiger partial charge < -0.3 is 15.5 Å². The molecule has 4 aromatic heterocycles. The molecule has 0 radical (unpaired) electrons. The van der Waals surface area contributed by atoms with Crippen molar-refractivity contribution in [1.82, 2.24) is 34.6 Å². The number of likely N-dealkylation sites (N-methyl/N-ethyl adjacent to an activating group) is 1. The van der Waals surface area contributed by atoms with E-state index in [-0.39, 0.29) is 11.9 Å². The fraction of sp³-hybridized carbons (Fsp3) is 0.481. The summed E-state index contributed by atoms with van der Waals surface area (Å²) in [5.41, 5.74) is 3.36. The minimum atomic E-state index is 0.0622. The van der Waals surface area contributed by atoms with Gasteiger partial charge in [0, 0.05) is 55.3 Å². The number of piperidine rings is 1. The predicted octanol–water partition coefficient (Wildman–Crippen LogP) is 3.45. The molecule has 11 heteroatoms. The number of thiophene rings is 1. The van der Waals surface area contributed by atoms with Crippen molar-refractivity contribution in [2.45, 2.75) is 57.7 Å². The molecule has 2 aliphatic heterocycles. The third kappa shape index (κ3) is 4.54. The number of hydrogen-bond acceptors (Lipinski definition) is 8. The monoisotopic (exact) mass is 531 g/mol. The van der Waals surface area contributed by atoms with E-state index in [9.17, 15) is 4.79 Å². The Morgan fingerprint density at radius 1 is 1.11 bits per heavy atom. The molecule has 1 unspecified atom stereocenters. The zero-order valence-corrected chi connectivity index (χ0v) is 22.5. The van der Waals surface area contributed by atoms with Gasteiger partial charge in [0.15, 0.2) is 11.5 Å². The van der Waals surface area contributed by atoms with Gasteiger partial charge in [0.2, 0.25) is 0 Å². The quantitative estimate of drug-likeness (QED) is 0.407. The van der Waals surface area contributed by atoms with Crippen molar-refractivity contribution in [3.05, 3.63) is 51.5 Å². The summed E-state index contributed by atoms with van der Waals surface area (Å²) in [5, 5.41) is 16.1. The van der Waals surface area contributed by atoms with Crippen molar-refractivity contribution in [3.63, 3.8) is 0 Å². The van der Waals surface area contributed by atoms with Gasteiger partial charge in [0.1, 0.15) is 11.6 Å². The molecule has 1 atom stereocenters. The number of carbonyl (C=O) groups excluding carboxylic acids is 1. The zero-order valence-electron chi connectivity index (χ0n) is 21.7. The van der Waals surface area contributed by atoms with Crippen molar-refractivity contribution in [1.29, 1.82) is 0 Å². The highest BCUT2D eigenvalue weighted by atomic mass is 32.1. The molecule has 0 spiro atoms. The second-order valence-electron chi connectivity index (χ2n) is 10.7. The summed E-state index contributed by atoms with van der Waals surface area (Å²) in [6.07, 6.45) is 8.43. The standard InChI is InChI=1S/C27H33N9OS/c1-33-11-12-35-20(17-33)14-23(32-35)30-26-15-25(31-24-8-9-28-36(24)26)34-10-4-6-19(16-34)29-27(37)22-13-18-5-2-3-7-21(18)38-22/h8-9,13-15,19H,2-7,10-12,16-17H2,1H3,(H,29,37)(H,30,32). The van der Waals surface area contributed by atoms with Crippen molar-refractivity contribution >= 4 is 40.3 Å². The summed E-state index contributed by atoms with van der Waals surface area (Å²) in [6, 6.07) is 8.28. The lowest BCUT2D eigenvalue weighted by Gasteiger charge is -2.34. The minimum absolute atomic E-state index is 0.0622. The molecule has 1 aliphatic carbocycles. The molecule has 2 N–H and O–H groups in total. The van der Waals surface area contributed by atoms with Crippen molar-refractivity contribution < 1.29 is 4.79 Å². The average molecular weight is 532 g/mol. The van der Waals surface area contributed by atoms with Gasteiger partial charge in [-0.3, -0.25) is 14.4 Å². The SMILES string of the molecule is CN1CCn2nc(Nc3cc(N4CCCC(NC(=O)c5cc6c(s5)CCCC6)C4)nc4ccnn34)cc2C1. The first-order chi connectivity index (χ1) is 18.6. The van der Waals surface area contributed by atoms with Crippen molar-refractivity contribution in [2.75, 3.05) is 36.9 Å². The normalized spacial score (nSPS) is 19.8. The highest BCUT2D eigenvalue weighted by Gasteiger charge is 2.26. The van der Waals surface area contributed by atoms with Crippen LogP contribution in [0.25, 0.3) is 5.65 Å². The van der Waals surface area contributed by atoms with Crippen LogP contribution in [0.2, 0.25) is 0 Å². The molecule has 7 rings (SSSR count). The Bertz CT molecular complexity index is 1460. The molecule has 1 saturated heterocycles. The van der Waals surface area contributed by atoms with Crippen LogP contribution in [0, 0.1) is 0 Å². The van der Waals surface area contributed by atoms with E-state index in [1.165, 1.54) is 29.0 Å². The molecule has 0 aromatic carbocycles. The van der Waals surface area contributed by atoms with Crippen molar-refractivity contribution in [2.24, 2.45) is 0 Å². The average Bonchev–Trinajstić information content (AvgIpc) is 3.66. The molecular formula is C27H33N9OS. The molecular weight excluding hydrogens is 498 g/mol. The highest BCUT2D eigenvalue weighted by molar-refractivity contribution is 7.14. The van der Waals surface area contributed by atoms with E-state index in [0.717, 1.165) is 86.4 Å². The fourth-order valence-electron chi connectivity index (χ4n) is 5.90. The Hall–Kier alpha value is -3.44. The Balaban J connectivity index is 1.09. The number of hydrogen-bond donors (Lipinski definition) is 2. The van der Waals surface area contributed by atoms with E-state index in [1.54, 1.807) is 17.5 Å². The van der Waals surface area contributed by atoms with Crippen LogP contribution in [0.4, 0.5) is 17.5 Å². The van der Waals surface area contributed by atoms with Crippen LogP contribution < -0.4 is 15.5 Å². The predicted molar refractivity (Wildman–Crippen MR) is 148 cm³/mol. The highest BCUT2D eigenvalue weighted by Crippen LogP contribution is 2.30. The van der Waals surface area contributed by atoms with Gasteiger partial charge >= 0.3 is 0 Å². The van der Waals surface area contributed by atoms with Gasteiger partial charge in [-0.15, -0.1) is 11.3 Å². The lowest BCUT2D eigenvalue weighted by molar-refractivity contribution is 0.0937. The van der Waals surface area contributed by atoms with Crippen molar-refractivity contribution in [3.8, 4) is 0 Å². The topological polar surface area (TPSA) is 95.6 Å². The third-order valence-corrected chi connectivity index (χ3v) is 9.13. The Kier molecular flexibility index (Phi) is 6.04. The first-order valence-electron chi connectivity index (χ1n) is 13.6. The van der Waals surface area contributed by atoms with E-state index in [1.807, 2.05) is 16.6 Å². The van der Waals surface area contributed by atoms with Crippen LogP contribution in [-0.4, -0.2) is 67.9 Å². The first-order valence-corrected chi connectivity index (χ1v) is 14.5. The first kappa shape index (κ1) is 23.7. The number of aryl methyl sites for hydroxylation is 2. The maximum atomic E-state index is 13.1. The summed E-state index contributed by atoms with van der Waals surface area (Å²) in [5.74, 6) is 2.59. The summed E-state index contributed by atoms with van der Waals surface area (Å²) in [4.78, 5) is 24.8. The van der Waals surface area contributed by atoms with Crippen LogP contribution in [0.3, 0.4) is 0 Å². The molecule has 0 bridgehead atoms. The molecule has 6 heterocycles. The largest absolute Gasteiger partial charge is 0.354 e. The maximum Gasteiger partial charge on any atom is 0.261 e. The summed E-state index contributed by atoms with van der Waals surface area (Å²) < 4.78 is 3.89. The minimum Gasteiger partial charge on any atom is -0.354 e. The number of nitrogens with zero attached hydrogens (tertiary/aromatic N) is 7. The Morgan fingerprint density at radius 2 is 2.03 bits per heavy atom. The lowest BCUT2D eigenvalue weighted by Crippen LogP contribution is -2.48. The molecule has 1 fully saturated rings. The van der Waals surface area contributed by atoms with Crippen LogP contribution in [0.15, 0.2) is 30.5 Å². The van der Waals surface area contributed by atoms with Crippen LogP contribution >= 0.6 is 11.3 Å². The summed E-state index contributed by atoms with van der Waals surface area (Å²) in [6.45, 7) is 4.42. The maximum absolute atomic E-state index is 13.1. The molecule has 10 nitrogen and oxygen atoms in total. The molecule has 1 amide bonds. The Labute approximate surface area is 225 Å². The smallest absolute Gasteiger partial charge is 0.261 e. The third-order valence-electron chi connectivity index (χ3n) is 7.89. The molecule has 38 heavy (non-hydrogen) atoms. The van der Waals surface area contributed by atoms with E-state index >= 15 is 0 Å². The molecule has 0 saturated carbocycles. The van der Waals surface area contributed by atoms with Gasteiger partial charge in [-0.2, -0.15) is 14.7 Å². The van der Waals surface area contributed by atoms with Gasteiger partial charge in [0.25, 0.3) is 5.91 Å². The second kappa shape index (κ2) is 9.70. The summed E-state index contributed by atoms with van der Waals surface area (Å²) in [7, 11) is 2.13. The van der Waals surface area contributed by atoms with E-state index in [4.69, 9.17) is 10.1 Å². The number of rotatable bonds is 5. The summed E-state index contributed by atoms with van der Waals surface area (Å²) >= 11 is 1.68. The van der Waals surface area contributed by atoms with Gasteiger partial charge in [-0.05, 0) is 57.2 Å². The zero-order chi connectivity index (χ0) is 25.6. The Morgan fingerprint density at radius 3 is 2.95 bits per heavy atom. The number of amides is 1. The number of anilines is 3. The van der Waals surface area contributed by atoms with E-state index in [2.05, 4.69) is 49.4 Å². The van der Waals surface area contributed by atoms with Crippen LogP contribution in [0.1, 0.15) is 51.5 Å². The van der Waals surface area contributed by atoms with Gasteiger partial charge in [-0.25, -0.2) is 4.98 Å². The number of nitrogens with one attached hydrogen (secondary N) is 2.